The smallest absolute Gasteiger partial charge is 0.0781 e. The molecule has 1 N–H and O–H groups in total. The van der Waals surface area contributed by atoms with E-state index in [1.165, 1.54) is 6.42 Å². The molecule has 0 rings (SSSR count). The zero-order valence-electron chi connectivity index (χ0n) is 10.9. The van der Waals surface area contributed by atoms with Gasteiger partial charge in [-0.1, -0.05) is 20.3 Å². The molecule has 15 heavy (non-hydrogen) atoms. The second-order valence-electron chi connectivity index (χ2n) is 4.08. The normalized spacial score (nSPS) is 17.4. The van der Waals surface area contributed by atoms with Crippen LogP contribution < -0.4 is 5.32 Å². The summed E-state index contributed by atoms with van der Waals surface area (Å²) >= 11 is 0. The maximum absolute atomic E-state index is 5.73. The molecule has 0 aromatic rings. The topological polar surface area (TPSA) is 30.5 Å². The fraction of sp³-hybridized carbons (Fsp3) is 1.00. The monoisotopic (exact) mass is 217 g/mol. The zero-order valence-corrected chi connectivity index (χ0v) is 10.9. The lowest BCUT2D eigenvalue weighted by Gasteiger charge is -2.24. The van der Waals surface area contributed by atoms with Gasteiger partial charge in [-0.3, -0.25) is 0 Å². The molecule has 0 fully saturated rings. The van der Waals surface area contributed by atoms with Crippen LogP contribution in [0.3, 0.4) is 0 Å². The fourth-order valence-corrected chi connectivity index (χ4v) is 1.42. The third-order valence-corrected chi connectivity index (χ3v) is 2.82. The van der Waals surface area contributed by atoms with Gasteiger partial charge in [0.05, 0.1) is 19.3 Å². The molecule has 0 aliphatic heterocycles. The predicted molar refractivity (Wildman–Crippen MR) is 64.2 cm³/mol. The molecule has 0 saturated heterocycles. The first-order chi connectivity index (χ1) is 7.15. The molecular formula is C12H27NO2. The minimum atomic E-state index is 0.185. The number of hydrogen-bond donors (Lipinski definition) is 1. The van der Waals surface area contributed by atoms with Crippen LogP contribution in [0.15, 0.2) is 0 Å². The van der Waals surface area contributed by atoms with E-state index in [1.54, 1.807) is 0 Å². The Morgan fingerprint density at radius 3 is 2.27 bits per heavy atom. The zero-order chi connectivity index (χ0) is 11.7. The van der Waals surface area contributed by atoms with Gasteiger partial charge in [0.1, 0.15) is 0 Å². The maximum Gasteiger partial charge on any atom is 0.0781 e. The van der Waals surface area contributed by atoms with Gasteiger partial charge < -0.3 is 14.8 Å². The van der Waals surface area contributed by atoms with Gasteiger partial charge in [0.15, 0.2) is 0 Å². The van der Waals surface area contributed by atoms with Crippen molar-refractivity contribution in [1.29, 1.82) is 0 Å². The minimum Gasteiger partial charge on any atom is -0.379 e. The Bertz CT molecular complexity index is 142. The summed E-state index contributed by atoms with van der Waals surface area (Å²) in [7, 11) is 1.99. The molecule has 3 atom stereocenters. The van der Waals surface area contributed by atoms with E-state index in [4.69, 9.17) is 9.47 Å². The van der Waals surface area contributed by atoms with Crippen molar-refractivity contribution in [3.8, 4) is 0 Å². The van der Waals surface area contributed by atoms with E-state index in [-0.39, 0.29) is 6.10 Å². The molecule has 3 heteroatoms. The van der Waals surface area contributed by atoms with Crippen molar-refractivity contribution < 1.29 is 9.47 Å². The summed E-state index contributed by atoms with van der Waals surface area (Å²) in [6.07, 6.45) is 1.36. The molecule has 0 aromatic heterocycles. The highest BCUT2D eigenvalue weighted by atomic mass is 16.5. The lowest BCUT2D eigenvalue weighted by Crippen LogP contribution is -2.37. The van der Waals surface area contributed by atoms with Crippen LogP contribution in [0.5, 0.6) is 0 Å². The summed E-state index contributed by atoms with van der Waals surface area (Å²) in [6, 6.07) is 0.444. The van der Waals surface area contributed by atoms with E-state index in [0.717, 1.165) is 13.2 Å². The Hall–Kier alpha value is -0.120. The SMILES string of the molecule is CCOCC(C)OCC(NC)C(C)CC. The van der Waals surface area contributed by atoms with Gasteiger partial charge in [-0.15, -0.1) is 0 Å². The van der Waals surface area contributed by atoms with E-state index in [1.807, 2.05) is 14.0 Å². The van der Waals surface area contributed by atoms with E-state index in [0.29, 0.717) is 18.6 Å². The summed E-state index contributed by atoms with van der Waals surface area (Å²) in [5, 5.41) is 3.30. The van der Waals surface area contributed by atoms with E-state index >= 15 is 0 Å². The molecule has 0 aromatic carbocycles. The van der Waals surface area contributed by atoms with Gasteiger partial charge in [0, 0.05) is 12.6 Å². The molecule has 0 aliphatic rings. The minimum absolute atomic E-state index is 0.185. The number of rotatable bonds is 9. The number of ether oxygens (including phenoxy) is 2. The Balaban J connectivity index is 3.69. The highest BCUT2D eigenvalue weighted by Crippen LogP contribution is 2.08. The Morgan fingerprint density at radius 2 is 1.80 bits per heavy atom. The number of nitrogens with one attached hydrogen (secondary N) is 1. The second kappa shape index (κ2) is 9.13. The summed E-state index contributed by atoms with van der Waals surface area (Å²) in [5.74, 6) is 0.647. The first kappa shape index (κ1) is 14.9. The van der Waals surface area contributed by atoms with E-state index < -0.39 is 0 Å². The standard InChI is InChI=1S/C12H27NO2/c1-6-10(3)12(13-5)9-15-11(4)8-14-7-2/h10-13H,6-9H2,1-5H3. The van der Waals surface area contributed by atoms with E-state index in [2.05, 4.69) is 26.1 Å². The molecule has 92 valence electrons. The molecular weight excluding hydrogens is 190 g/mol. The maximum atomic E-state index is 5.73. The molecule has 0 amide bonds. The molecule has 0 radical (unpaired) electrons. The van der Waals surface area contributed by atoms with Crippen LogP contribution >= 0.6 is 0 Å². The van der Waals surface area contributed by atoms with Gasteiger partial charge in [0.25, 0.3) is 0 Å². The van der Waals surface area contributed by atoms with Crippen LogP contribution in [0.2, 0.25) is 0 Å². The lowest BCUT2D eigenvalue weighted by atomic mass is 10.0. The summed E-state index contributed by atoms with van der Waals surface area (Å²) in [4.78, 5) is 0. The lowest BCUT2D eigenvalue weighted by molar-refractivity contribution is -0.0157. The average Bonchev–Trinajstić information content (AvgIpc) is 2.26. The fourth-order valence-electron chi connectivity index (χ4n) is 1.42. The van der Waals surface area contributed by atoms with Gasteiger partial charge in [-0.2, -0.15) is 0 Å². The molecule has 0 saturated carbocycles. The largest absolute Gasteiger partial charge is 0.379 e. The van der Waals surface area contributed by atoms with Crippen LogP contribution in [0.1, 0.15) is 34.1 Å². The Labute approximate surface area is 94.5 Å². The van der Waals surface area contributed by atoms with Crippen molar-refractivity contribution >= 4 is 0 Å². The van der Waals surface area contributed by atoms with Crippen LogP contribution in [0.25, 0.3) is 0 Å². The Kier molecular flexibility index (Phi) is 9.06. The van der Waals surface area contributed by atoms with Crippen molar-refractivity contribution in [3.63, 3.8) is 0 Å². The first-order valence-electron chi connectivity index (χ1n) is 6.02. The molecule has 3 nitrogen and oxygen atoms in total. The summed E-state index contributed by atoms with van der Waals surface area (Å²) in [5.41, 5.74) is 0. The average molecular weight is 217 g/mol. The van der Waals surface area contributed by atoms with Gasteiger partial charge >= 0.3 is 0 Å². The number of hydrogen-bond acceptors (Lipinski definition) is 3. The van der Waals surface area contributed by atoms with Crippen LogP contribution in [-0.2, 0) is 9.47 Å². The van der Waals surface area contributed by atoms with Crippen molar-refractivity contribution in [2.45, 2.75) is 46.3 Å². The van der Waals surface area contributed by atoms with Crippen LogP contribution in [0, 0.1) is 5.92 Å². The van der Waals surface area contributed by atoms with Crippen molar-refractivity contribution in [2.75, 3.05) is 26.9 Å². The third kappa shape index (κ3) is 6.88. The van der Waals surface area contributed by atoms with Gasteiger partial charge in [0.2, 0.25) is 0 Å². The summed E-state index contributed by atoms with van der Waals surface area (Å²) in [6.45, 7) is 10.7. The molecule has 0 spiro atoms. The molecule has 3 unspecified atom stereocenters. The van der Waals surface area contributed by atoms with E-state index in [9.17, 15) is 0 Å². The highest BCUT2D eigenvalue weighted by Gasteiger charge is 2.15. The quantitative estimate of drug-likeness (QED) is 0.641. The number of likely N-dealkylation sites (N-methyl/N-ethyl adjacent to an activating group) is 1. The van der Waals surface area contributed by atoms with Crippen molar-refractivity contribution in [2.24, 2.45) is 5.92 Å². The van der Waals surface area contributed by atoms with Gasteiger partial charge in [-0.25, -0.2) is 0 Å². The predicted octanol–water partition coefficient (Wildman–Crippen LogP) is 2.06. The Morgan fingerprint density at radius 1 is 1.13 bits per heavy atom. The summed E-state index contributed by atoms with van der Waals surface area (Å²) < 4.78 is 11.0. The van der Waals surface area contributed by atoms with Crippen LogP contribution in [-0.4, -0.2) is 39.0 Å². The molecule has 0 bridgehead atoms. The van der Waals surface area contributed by atoms with Gasteiger partial charge in [-0.05, 0) is 26.8 Å². The third-order valence-electron chi connectivity index (χ3n) is 2.82. The second-order valence-corrected chi connectivity index (χ2v) is 4.08. The molecule has 0 aliphatic carbocycles. The highest BCUT2D eigenvalue weighted by molar-refractivity contribution is 4.70. The van der Waals surface area contributed by atoms with Crippen LogP contribution in [0.4, 0.5) is 0 Å². The molecule has 0 heterocycles. The van der Waals surface area contributed by atoms with Crippen molar-refractivity contribution in [3.05, 3.63) is 0 Å². The van der Waals surface area contributed by atoms with Crippen molar-refractivity contribution in [1.82, 2.24) is 5.32 Å². The first-order valence-corrected chi connectivity index (χ1v) is 6.02.